The van der Waals surface area contributed by atoms with Gasteiger partial charge in [-0.2, -0.15) is 0 Å². The first kappa shape index (κ1) is 14.5. The second-order valence-electron chi connectivity index (χ2n) is 5.06. The molecule has 0 saturated carbocycles. The van der Waals surface area contributed by atoms with Gasteiger partial charge in [-0.1, -0.05) is 43.7 Å². The van der Waals surface area contributed by atoms with Crippen LogP contribution in [0, 0.1) is 19.8 Å². The fourth-order valence-electron chi connectivity index (χ4n) is 2.05. The van der Waals surface area contributed by atoms with Crippen LogP contribution in [0.25, 0.3) is 5.57 Å². The van der Waals surface area contributed by atoms with E-state index >= 15 is 0 Å². The van der Waals surface area contributed by atoms with Gasteiger partial charge in [0.05, 0.1) is 0 Å². The standard InChI is InChI=1S/C16H22O2/c1-11(2)14(6-5-7-16(17)18)15-10-12(3)8-9-13(15)4/h6,8-11H,5,7H2,1-4H3,(H,17,18)/b14-6+. The summed E-state index contributed by atoms with van der Waals surface area (Å²) >= 11 is 0. The van der Waals surface area contributed by atoms with Crippen molar-refractivity contribution in [3.05, 3.63) is 41.0 Å². The predicted octanol–water partition coefficient (Wildman–Crippen LogP) is 4.21. The van der Waals surface area contributed by atoms with E-state index in [0.717, 1.165) is 0 Å². The Morgan fingerprint density at radius 1 is 1.33 bits per heavy atom. The van der Waals surface area contributed by atoms with Gasteiger partial charge in [0.2, 0.25) is 0 Å². The first-order valence-corrected chi connectivity index (χ1v) is 6.41. The Morgan fingerprint density at radius 3 is 2.56 bits per heavy atom. The number of allylic oxidation sites excluding steroid dienone is 2. The molecule has 0 heterocycles. The summed E-state index contributed by atoms with van der Waals surface area (Å²) in [6.07, 6.45) is 2.86. The summed E-state index contributed by atoms with van der Waals surface area (Å²) in [5.41, 5.74) is 4.98. The molecule has 98 valence electrons. The Kier molecular flexibility index (Phi) is 5.14. The molecular weight excluding hydrogens is 224 g/mol. The zero-order valence-corrected chi connectivity index (χ0v) is 11.7. The second kappa shape index (κ2) is 6.39. The largest absolute Gasteiger partial charge is 0.481 e. The van der Waals surface area contributed by atoms with Gasteiger partial charge in [0.15, 0.2) is 0 Å². The summed E-state index contributed by atoms with van der Waals surface area (Å²) in [5.74, 6) is -0.338. The first-order valence-electron chi connectivity index (χ1n) is 6.41. The third-order valence-corrected chi connectivity index (χ3v) is 3.05. The van der Waals surface area contributed by atoms with E-state index in [1.807, 2.05) is 0 Å². The number of hydrogen-bond donors (Lipinski definition) is 1. The van der Waals surface area contributed by atoms with Gasteiger partial charge in [-0.05, 0) is 42.9 Å². The summed E-state index contributed by atoms with van der Waals surface area (Å²) in [6, 6.07) is 6.41. The lowest BCUT2D eigenvalue weighted by Gasteiger charge is -2.15. The summed E-state index contributed by atoms with van der Waals surface area (Å²) in [4.78, 5) is 10.6. The molecule has 1 rings (SSSR count). The molecule has 2 nitrogen and oxygen atoms in total. The number of benzene rings is 1. The lowest BCUT2D eigenvalue weighted by Crippen LogP contribution is -1.99. The van der Waals surface area contributed by atoms with Crippen LogP contribution < -0.4 is 0 Å². The summed E-state index contributed by atoms with van der Waals surface area (Å²) in [7, 11) is 0. The number of aryl methyl sites for hydroxylation is 2. The zero-order chi connectivity index (χ0) is 13.7. The molecule has 0 atom stereocenters. The van der Waals surface area contributed by atoms with E-state index in [1.54, 1.807) is 0 Å². The lowest BCUT2D eigenvalue weighted by atomic mass is 9.90. The maximum Gasteiger partial charge on any atom is 0.303 e. The van der Waals surface area contributed by atoms with Crippen molar-refractivity contribution in [1.29, 1.82) is 0 Å². The SMILES string of the molecule is Cc1ccc(C)c(/C(=C/CCC(=O)O)C(C)C)c1. The fraction of sp³-hybridized carbons (Fsp3) is 0.438. The Labute approximate surface area is 109 Å². The van der Waals surface area contributed by atoms with Gasteiger partial charge in [-0.15, -0.1) is 0 Å². The molecule has 0 aliphatic rings. The summed E-state index contributed by atoms with van der Waals surface area (Å²) < 4.78 is 0. The van der Waals surface area contributed by atoms with Crippen LogP contribution in [0.2, 0.25) is 0 Å². The molecule has 0 aliphatic carbocycles. The number of carboxylic acid groups (broad SMARTS) is 1. The van der Waals surface area contributed by atoms with E-state index in [4.69, 9.17) is 5.11 Å². The number of carbonyl (C=O) groups is 1. The minimum Gasteiger partial charge on any atom is -0.481 e. The quantitative estimate of drug-likeness (QED) is 0.845. The maximum atomic E-state index is 10.6. The van der Waals surface area contributed by atoms with Gasteiger partial charge in [0.25, 0.3) is 0 Å². The number of rotatable bonds is 5. The van der Waals surface area contributed by atoms with Gasteiger partial charge in [-0.3, -0.25) is 4.79 Å². The van der Waals surface area contributed by atoms with Crippen molar-refractivity contribution in [2.75, 3.05) is 0 Å². The number of carboxylic acids is 1. The topological polar surface area (TPSA) is 37.3 Å². The lowest BCUT2D eigenvalue weighted by molar-refractivity contribution is -0.136. The predicted molar refractivity (Wildman–Crippen MR) is 75.6 cm³/mol. The normalized spacial score (nSPS) is 11.9. The molecule has 0 amide bonds. The molecular formula is C16H22O2. The van der Waals surface area contributed by atoms with E-state index < -0.39 is 5.97 Å². The molecule has 1 N–H and O–H groups in total. The smallest absolute Gasteiger partial charge is 0.303 e. The minimum atomic E-state index is -0.740. The molecule has 2 heteroatoms. The molecule has 18 heavy (non-hydrogen) atoms. The number of aliphatic carboxylic acids is 1. The first-order chi connectivity index (χ1) is 8.41. The van der Waals surface area contributed by atoms with Crippen LogP contribution in [0.4, 0.5) is 0 Å². The zero-order valence-electron chi connectivity index (χ0n) is 11.7. The maximum absolute atomic E-state index is 10.6. The Morgan fingerprint density at radius 2 is 2.00 bits per heavy atom. The van der Waals surface area contributed by atoms with Gasteiger partial charge in [0, 0.05) is 6.42 Å². The van der Waals surface area contributed by atoms with Gasteiger partial charge in [0.1, 0.15) is 0 Å². The average molecular weight is 246 g/mol. The van der Waals surface area contributed by atoms with Crippen LogP contribution in [0.15, 0.2) is 24.3 Å². The van der Waals surface area contributed by atoms with Gasteiger partial charge >= 0.3 is 5.97 Å². The number of hydrogen-bond acceptors (Lipinski definition) is 1. The van der Waals surface area contributed by atoms with E-state index in [0.29, 0.717) is 12.3 Å². The van der Waals surface area contributed by atoms with Crippen LogP contribution in [-0.2, 0) is 4.79 Å². The van der Waals surface area contributed by atoms with Crippen LogP contribution >= 0.6 is 0 Å². The van der Waals surface area contributed by atoms with Crippen molar-refractivity contribution < 1.29 is 9.90 Å². The molecule has 0 fully saturated rings. The van der Waals surface area contributed by atoms with Crippen molar-refractivity contribution >= 4 is 11.5 Å². The fourth-order valence-corrected chi connectivity index (χ4v) is 2.05. The van der Waals surface area contributed by atoms with E-state index in [9.17, 15) is 4.79 Å². The van der Waals surface area contributed by atoms with Crippen molar-refractivity contribution in [3.63, 3.8) is 0 Å². The summed E-state index contributed by atoms with van der Waals surface area (Å²) in [6.45, 7) is 8.48. The highest BCUT2D eigenvalue weighted by Crippen LogP contribution is 2.27. The van der Waals surface area contributed by atoms with Crippen LogP contribution in [-0.4, -0.2) is 11.1 Å². The van der Waals surface area contributed by atoms with Crippen molar-refractivity contribution in [1.82, 2.24) is 0 Å². The van der Waals surface area contributed by atoms with Gasteiger partial charge < -0.3 is 5.11 Å². The third-order valence-electron chi connectivity index (χ3n) is 3.05. The van der Waals surface area contributed by atoms with Gasteiger partial charge in [-0.25, -0.2) is 0 Å². The monoisotopic (exact) mass is 246 g/mol. The van der Waals surface area contributed by atoms with Crippen LogP contribution in [0.5, 0.6) is 0 Å². The van der Waals surface area contributed by atoms with Crippen LogP contribution in [0.3, 0.4) is 0 Å². The molecule has 0 aliphatic heterocycles. The minimum absolute atomic E-state index is 0.196. The highest BCUT2D eigenvalue weighted by Gasteiger charge is 2.09. The second-order valence-corrected chi connectivity index (χ2v) is 5.06. The molecule has 0 spiro atoms. The molecule has 0 unspecified atom stereocenters. The van der Waals surface area contributed by atoms with Crippen molar-refractivity contribution in [2.24, 2.45) is 5.92 Å². The molecule has 1 aromatic carbocycles. The Balaban J connectivity index is 3.04. The average Bonchev–Trinajstić information content (AvgIpc) is 2.27. The van der Waals surface area contributed by atoms with E-state index in [-0.39, 0.29) is 6.42 Å². The molecule has 0 aromatic heterocycles. The molecule has 0 saturated heterocycles. The molecule has 0 bridgehead atoms. The Bertz CT molecular complexity index is 456. The highest BCUT2D eigenvalue weighted by atomic mass is 16.4. The highest BCUT2D eigenvalue weighted by molar-refractivity contribution is 5.71. The molecule has 1 aromatic rings. The Hall–Kier alpha value is -1.57. The third kappa shape index (κ3) is 4.02. The van der Waals surface area contributed by atoms with Crippen molar-refractivity contribution in [3.8, 4) is 0 Å². The van der Waals surface area contributed by atoms with Crippen molar-refractivity contribution in [2.45, 2.75) is 40.5 Å². The van der Waals surface area contributed by atoms with Crippen LogP contribution in [0.1, 0.15) is 43.4 Å². The van der Waals surface area contributed by atoms with E-state index in [1.165, 1.54) is 22.3 Å². The summed E-state index contributed by atoms with van der Waals surface area (Å²) in [5, 5.41) is 8.70. The van der Waals surface area contributed by atoms with E-state index in [2.05, 4.69) is 52.0 Å². The molecule has 0 radical (unpaired) electrons.